The number of carboxylic acids is 1. The molecule has 0 bridgehead atoms. The van der Waals surface area contributed by atoms with Crippen molar-refractivity contribution in [3.8, 4) is 11.5 Å². The van der Waals surface area contributed by atoms with Crippen LogP contribution in [-0.2, 0) is 17.6 Å². The quantitative estimate of drug-likeness (QED) is 0.708. The van der Waals surface area contributed by atoms with E-state index in [1.807, 2.05) is 18.2 Å². The number of rotatable bonds is 9. The van der Waals surface area contributed by atoms with Gasteiger partial charge in [-0.3, -0.25) is 4.79 Å². The highest BCUT2D eigenvalue weighted by atomic mass is 16.5. The van der Waals surface area contributed by atoms with E-state index in [4.69, 9.17) is 14.6 Å². The molecule has 0 saturated carbocycles. The summed E-state index contributed by atoms with van der Waals surface area (Å²) in [4.78, 5) is 23.0. The van der Waals surface area contributed by atoms with Gasteiger partial charge in [0.2, 0.25) is 5.91 Å². The van der Waals surface area contributed by atoms with Crippen LogP contribution in [0, 0.1) is 5.92 Å². The minimum Gasteiger partial charge on any atom is -0.493 e. The van der Waals surface area contributed by atoms with Gasteiger partial charge in [0.15, 0.2) is 11.5 Å². The van der Waals surface area contributed by atoms with Crippen molar-refractivity contribution in [3.05, 3.63) is 59.2 Å². The molecule has 0 aromatic heterocycles. The summed E-state index contributed by atoms with van der Waals surface area (Å²) in [6.45, 7) is 2.62. The summed E-state index contributed by atoms with van der Waals surface area (Å²) < 4.78 is 10.6. The van der Waals surface area contributed by atoms with Crippen LogP contribution >= 0.6 is 0 Å². The third-order valence-corrected chi connectivity index (χ3v) is 4.25. The average Bonchev–Trinajstić information content (AvgIpc) is 2.66. The number of amides is 1. The summed E-state index contributed by atoms with van der Waals surface area (Å²) >= 11 is 0. The van der Waals surface area contributed by atoms with Crippen LogP contribution in [0.5, 0.6) is 11.5 Å². The van der Waals surface area contributed by atoms with Crippen molar-refractivity contribution in [2.24, 2.45) is 5.92 Å². The fraction of sp³-hybridized carbons (Fsp3) is 0.333. The summed E-state index contributed by atoms with van der Waals surface area (Å²) in [5, 5.41) is 11.8. The number of methoxy groups -OCH3 is 2. The molecule has 1 unspecified atom stereocenters. The molecule has 0 heterocycles. The van der Waals surface area contributed by atoms with Crippen molar-refractivity contribution in [1.29, 1.82) is 0 Å². The molecule has 0 aliphatic carbocycles. The second-order valence-electron chi connectivity index (χ2n) is 6.48. The molecule has 144 valence electrons. The van der Waals surface area contributed by atoms with Crippen LogP contribution in [0.25, 0.3) is 0 Å². The first-order valence-corrected chi connectivity index (χ1v) is 8.72. The molecule has 6 heteroatoms. The number of benzene rings is 2. The number of nitrogens with one attached hydrogen (secondary N) is 1. The van der Waals surface area contributed by atoms with Crippen LogP contribution in [-0.4, -0.2) is 37.7 Å². The highest BCUT2D eigenvalue weighted by Gasteiger charge is 2.11. The van der Waals surface area contributed by atoms with Crippen molar-refractivity contribution in [2.75, 3.05) is 20.8 Å². The molecule has 0 aliphatic rings. The Morgan fingerprint density at radius 3 is 2.22 bits per heavy atom. The minimum atomic E-state index is -0.977. The summed E-state index contributed by atoms with van der Waals surface area (Å²) in [7, 11) is 3.21. The Labute approximate surface area is 159 Å². The van der Waals surface area contributed by atoms with Crippen molar-refractivity contribution in [1.82, 2.24) is 5.32 Å². The first-order valence-electron chi connectivity index (χ1n) is 8.72. The molecule has 2 aromatic rings. The molecular formula is C21H25NO5. The zero-order valence-corrected chi connectivity index (χ0v) is 15.8. The molecular weight excluding hydrogens is 346 g/mol. The molecule has 0 aliphatic heterocycles. The molecule has 0 radical (unpaired) electrons. The van der Waals surface area contributed by atoms with Gasteiger partial charge in [-0.05, 0) is 47.7 Å². The maximum absolute atomic E-state index is 12.1. The topological polar surface area (TPSA) is 84.9 Å². The Bertz CT molecular complexity index is 786. The Hall–Kier alpha value is -3.02. The van der Waals surface area contributed by atoms with Crippen molar-refractivity contribution in [2.45, 2.75) is 19.8 Å². The van der Waals surface area contributed by atoms with Gasteiger partial charge in [0, 0.05) is 6.54 Å². The van der Waals surface area contributed by atoms with E-state index in [-0.39, 0.29) is 23.8 Å². The molecule has 6 nitrogen and oxygen atoms in total. The van der Waals surface area contributed by atoms with Crippen molar-refractivity contribution >= 4 is 11.9 Å². The van der Waals surface area contributed by atoms with Crippen LogP contribution in [0.3, 0.4) is 0 Å². The Morgan fingerprint density at radius 1 is 1.00 bits per heavy atom. The molecule has 27 heavy (non-hydrogen) atoms. The van der Waals surface area contributed by atoms with Crippen LogP contribution in [0.4, 0.5) is 0 Å². The summed E-state index contributed by atoms with van der Waals surface area (Å²) in [5.74, 6) is 0.570. The number of aromatic carboxylic acids is 1. The van der Waals surface area contributed by atoms with Gasteiger partial charge in [-0.25, -0.2) is 4.79 Å². The van der Waals surface area contributed by atoms with Gasteiger partial charge < -0.3 is 19.9 Å². The van der Waals surface area contributed by atoms with Gasteiger partial charge in [-0.1, -0.05) is 25.1 Å². The van der Waals surface area contributed by atoms with Crippen LogP contribution < -0.4 is 14.8 Å². The standard InChI is InChI=1S/C21H25NO5/c1-14(10-16-6-9-18(26-2)19(11-16)27-3)13-22-20(23)12-15-4-7-17(8-5-15)21(24)25/h4-9,11,14H,10,12-13H2,1-3H3,(H,22,23)(H,24,25). The lowest BCUT2D eigenvalue weighted by Crippen LogP contribution is -2.30. The highest BCUT2D eigenvalue weighted by molar-refractivity contribution is 5.87. The highest BCUT2D eigenvalue weighted by Crippen LogP contribution is 2.28. The second-order valence-corrected chi connectivity index (χ2v) is 6.48. The summed E-state index contributed by atoms with van der Waals surface area (Å²) in [6.07, 6.45) is 1.02. The summed E-state index contributed by atoms with van der Waals surface area (Å²) in [6, 6.07) is 12.1. The van der Waals surface area contributed by atoms with E-state index in [1.165, 1.54) is 12.1 Å². The molecule has 2 N–H and O–H groups in total. The molecule has 0 fully saturated rings. The molecule has 1 amide bonds. The van der Waals surface area contributed by atoms with E-state index in [2.05, 4.69) is 12.2 Å². The Balaban J connectivity index is 1.83. The van der Waals surface area contributed by atoms with E-state index in [0.717, 1.165) is 17.5 Å². The number of hydrogen-bond donors (Lipinski definition) is 2. The van der Waals surface area contributed by atoms with Crippen molar-refractivity contribution < 1.29 is 24.2 Å². The molecule has 2 aromatic carbocycles. The van der Waals surface area contributed by atoms with Gasteiger partial charge in [-0.15, -0.1) is 0 Å². The number of carboxylic acid groups (broad SMARTS) is 1. The first kappa shape index (κ1) is 20.3. The third-order valence-electron chi connectivity index (χ3n) is 4.25. The Morgan fingerprint density at radius 2 is 1.63 bits per heavy atom. The minimum absolute atomic E-state index is 0.0859. The SMILES string of the molecule is COc1ccc(CC(C)CNC(=O)Cc2ccc(C(=O)O)cc2)cc1OC. The van der Waals surface area contributed by atoms with Gasteiger partial charge >= 0.3 is 5.97 Å². The third kappa shape index (κ3) is 6.02. The monoisotopic (exact) mass is 371 g/mol. The smallest absolute Gasteiger partial charge is 0.335 e. The lowest BCUT2D eigenvalue weighted by atomic mass is 10.0. The maximum atomic E-state index is 12.1. The van der Waals surface area contributed by atoms with Gasteiger partial charge in [0.05, 0.1) is 26.2 Å². The predicted octanol–water partition coefficient (Wildman–Crippen LogP) is 2.94. The van der Waals surface area contributed by atoms with Gasteiger partial charge in [-0.2, -0.15) is 0 Å². The largest absolute Gasteiger partial charge is 0.493 e. The molecule has 1 atom stereocenters. The van der Waals surface area contributed by atoms with E-state index in [1.54, 1.807) is 26.4 Å². The van der Waals surface area contributed by atoms with Gasteiger partial charge in [0.1, 0.15) is 0 Å². The fourth-order valence-electron chi connectivity index (χ4n) is 2.78. The normalized spacial score (nSPS) is 11.5. The van der Waals surface area contributed by atoms with E-state index < -0.39 is 5.97 Å². The predicted molar refractivity (Wildman–Crippen MR) is 103 cm³/mol. The summed E-state index contributed by atoms with van der Waals surface area (Å²) in [5.41, 5.74) is 2.10. The maximum Gasteiger partial charge on any atom is 0.335 e. The fourth-order valence-corrected chi connectivity index (χ4v) is 2.78. The molecule has 0 spiro atoms. The molecule has 0 saturated heterocycles. The van der Waals surface area contributed by atoms with Gasteiger partial charge in [0.25, 0.3) is 0 Å². The zero-order chi connectivity index (χ0) is 19.8. The number of ether oxygens (including phenoxy) is 2. The van der Waals surface area contributed by atoms with E-state index >= 15 is 0 Å². The average molecular weight is 371 g/mol. The van der Waals surface area contributed by atoms with E-state index in [0.29, 0.717) is 18.0 Å². The molecule has 2 rings (SSSR count). The van der Waals surface area contributed by atoms with E-state index in [9.17, 15) is 9.59 Å². The van der Waals surface area contributed by atoms with Crippen LogP contribution in [0.1, 0.15) is 28.4 Å². The van der Waals surface area contributed by atoms with Crippen molar-refractivity contribution in [3.63, 3.8) is 0 Å². The first-order chi connectivity index (χ1) is 12.9. The zero-order valence-electron chi connectivity index (χ0n) is 15.8. The number of hydrogen-bond acceptors (Lipinski definition) is 4. The lowest BCUT2D eigenvalue weighted by Gasteiger charge is -2.15. The van der Waals surface area contributed by atoms with Crippen LogP contribution in [0.15, 0.2) is 42.5 Å². The number of carbonyl (C=O) groups excluding carboxylic acids is 1. The second kappa shape index (κ2) is 9.62. The van der Waals surface area contributed by atoms with Crippen LogP contribution in [0.2, 0.25) is 0 Å². The lowest BCUT2D eigenvalue weighted by molar-refractivity contribution is -0.120. The number of carbonyl (C=O) groups is 2. The Kier molecular flexibility index (Phi) is 7.23.